The van der Waals surface area contributed by atoms with Gasteiger partial charge in [0, 0.05) is 5.69 Å². The van der Waals surface area contributed by atoms with Crippen LogP contribution in [0, 0.1) is 5.92 Å². The van der Waals surface area contributed by atoms with Crippen LogP contribution in [0.15, 0.2) is 24.3 Å². The van der Waals surface area contributed by atoms with Crippen molar-refractivity contribution in [3.05, 3.63) is 29.8 Å². The van der Waals surface area contributed by atoms with Crippen LogP contribution in [0.2, 0.25) is 0 Å². The molecule has 0 saturated carbocycles. The summed E-state index contributed by atoms with van der Waals surface area (Å²) >= 11 is 0. The Morgan fingerprint density at radius 1 is 1.48 bits per heavy atom. The lowest BCUT2D eigenvalue weighted by atomic mass is 9.94. The minimum Gasteiger partial charge on any atom is -0.325 e. The Labute approximate surface area is 125 Å². The molecular weight excluding hydrogens is 290 g/mol. The van der Waals surface area contributed by atoms with Crippen molar-refractivity contribution < 1.29 is 13.2 Å². The summed E-state index contributed by atoms with van der Waals surface area (Å²) in [6, 6.07) is 6.54. The van der Waals surface area contributed by atoms with Crippen molar-refractivity contribution in [2.45, 2.75) is 31.6 Å². The highest BCUT2D eigenvalue weighted by molar-refractivity contribution is 7.88. The van der Waals surface area contributed by atoms with Crippen LogP contribution in [0.4, 0.5) is 5.69 Å². The molecule has 0 bridgehead atoms. The normalized spacial score (nSPS) is 22.8. The van der Waals surface area contributed by atoms with E-state index in [-0.39, 0.29) is 17.7 Å². The quantitative estimate of drug-likeness (QED) is 0.765. The van der Waals surface area contributed by atoms with Gasteiger partial charge in [0.25, 0.3) is 0 Å². The number of hydrogen-bond acceptors (Lipinski definition) is 4. The number of hydrogen-bond donors (Lipinski definition) is 3. The van der Waals surface area contributed by atoms with E-state index in [1.54, 1.807) is 24.3 Å². The Morgan fingerprint density at radius 2 is 2.24 bits per heavy atom. The van der Waals surface area contributed by atoms with Crippen LogP contribution in [-0.2, 0) is 20.6 Å². The SMILES string of the molecule is CC1CCNC(C(=O)Nc2cccc(CS(N)(=O)=O)c2)C1. The van der Waals surface area contributed by atoms with Crippen LogP contribution >= 0.6 is 0 Å². The average molecular weight is 311 g/mol. The molecule has 21 heavy (non-hydrogen) atoms. The van der Waals surface area contributed by atoms with Crippen LogP contribution < -0.4 is 15.8 Å². The van der Waals surface area contributed by atoms with E-state index in [1.807, 2.05) is 0 Å². The lowest BCUT2D eigenvalue weighted by Crippen LogP contribution is -2.45. The van der Waals surface area contributed by atoms with Gasteiger partial charge in [-0.25, -0.2) is 13.6 Å². The zero-order valence-corrected chi connectivity index (χ0v) is 12.8. The minimum absolute atomic E-state index is 0.0886. The van der Waals surface area contributed by atoms with Gasteiger partial charge < -0.3 is 10.6 Å². The third-order valence-corrected chi connectivity index (χ3v) is 4.28. The summed E-state index contributed by atoms with van der Waals surface area (Å²) in [5, 5.41) is 11.0. The van der Waals surface area contributed by atoms with Gasteiger partial charge in [-0.1, -0.05) is 19.1 Å². The van der Waals surface area contributed by atoms with E-state index < -0.39 is 10.0 Å². The number of nitrogens with one attached hydrogen (secondary N) is 2. The second-order valence-corrected chi connectivity index (χ2v) is 7.25. The summed E-state index contributed by atoms with van der Waals surface area (Å²) in [4.78, 5) is 12.2. The van der Waals surface area contributed by atoms with Crippen LogP contribution in [0.25, 0.3) is 0 Å². The maximum atomic E-state index is 12.2. The standard InChI is InChI=1S/C14H21N3O3S/c1-10-5-6-16-13(7-10)14(18)17-12-4-2-3-11(8-12)9-21(15,19)20/h2-4,8,10,13,16H,5-7,9H2,1H3,(H,17,18)(H2,15,19,20). The molecule has 1 aromatic rings. The Morgan fingerprint density at radius 3 is 2.90 bits per heavy atom. The molecule has 2 rings (SSSR count). The second kappa shape index (κ2) is 6.55. The number of primary sulfonamides is 1. The third-order valence-electron chi connectivity index (χ3n) is 3.54. The fraction of sp³-hybridized carbons (Fsp3) is 0.500. The molecule has 1 fully saturated rings. The van der Waals surface area contributed by atoms with Crippen LogP contribution in [0.3, 0.4) is 0 Å². The highest BCUT2D eigenvalue weighted by Gasteiger charge is 2.24. The first-order valence-electron chi connectivity index (χ1n) is 6.97. The van der Waals surface area contributed by atoms with Crippen molar-refractivity contribution in [2.75, 3.05) is 11.9 Å². The highest BCUT2D eigenvalue weighted by Crippen LogP contribution is 2.17. The van der Waals surface area contributed by atoms with Gasteiger partial charge in [-0.2, -0.15) is 0 Å². The van der Waals surface area contributed by atoms with E-state index in [4.69, 9.17) is 5.14 Å². The molecule has 4 N–H and O–H groups in total. The van der Waals surface area contributed by atoms with E-state index in [0.29, 0.717) is 17.2 Å². The third kappa shape index (κ3) is 5.11. The van der Waals surface area contributed by atoms with Gasteiger partial charge in [-0.15, -0.1) is 0 Å². The van der Waals surface area contributed by atoms with Crippen molar-refractivity contribution in [2.24, 2.45) is 11.1 Å². The Kier molecular flexibility index (Phi) is 4.97. The molecule has 0 aliphatic carbocycles. The summed E-state index contributed by atoms with van der Waals surface area (Å²) < 4.78 is 22.2. The molecule has 1 saturated heterocycles. The predicted octanol–water partition coefficient (Wildman–Crippen LogP) is 0.802. The zero-order valence-electron chi connectivity index (χ0n) is 12.0. The Hall–Kier alpha value is -1.44. The van der Waals surface area contributed by atoms with E-state index in [9.17, 15) is 13.2 Å². The number of piperidine rings is 1. The van der Waals surface area contributed by atoms with Gasteiger partial charge in [-0.05, 0) is 43.0 Å². The molecule has 1 aromatic carbocycles. The molecule has 7 heteroatoms. The highest BCUT2D eigenvalue weighted by atomic mass is 32.2. The van der Waals surface area contributed by atoms with Crippen LogP contribution in [-0.4, -0.2) is 26.9 Å². The fourth-order valence-corrected chi connectivity index (χ4v) is 3.15. The molecule has 6 nitrogen and oxygen atoms in total. The molecule has 1 aliphatic rings. The van der Waals surface area contributed by atoms with Gasteiger partial charge in [0.15, 0.2) is 0 Å². The number of nitrogens with two attached hydrogens (primary N) is 1. The van der Waals surface area contributed by atoms with Crippen molar-refractivity contribution in [3.63, 3.8) is 0 Å². The van der Waals surface area contributed by atoms with Gasteiger partial charge >= 0.3 is 0 Å². The van der Waals surface area contributed by atoms with Gasteiger partial charge in [0.05, 0.1) is 11.8 Å². The van der Waals surface area contributed by atoms with Crippen LogP contribution in [0.1, 0.15) is 25.3 Å². The number of amides is 1. The van der Waals surface area contributed by atoms with Crippen molar-refractivity contribution in [3.8, 4) is 0 Å². The molecular formula is C14H21N3O3S. The van der Waals surface area contributed by atoms with Crippen molar-refractivity contribution >= 4 is 21.6 Å². The largest absolute Gasteiger partial charge is 0.325 e. The van der Waals surface area contributed by atoms with Gasteiger partial charge in [0.2, 0.25) is 15.9 Å². The summed E-state index contributed by atoms with van der Waals surface area (Å²) in [5.74, 6) is 0.195. The molecule has 1 aliphatic heterocycles. The minimum atomic E-state index is -3.58. The molecule has 2 atom stereocenters. The first-order chi connectivity index (χ1) is 9.83. The number of carbonyl (C=O) groups is 1. The Balaban J connectivity index is 2.02. The van der Waals surface area contributed by atoms with E-state index in [1.165, 1.54) is 0 Å². The molecule has 0 spiro atoms. The predicted molar refractivity (Wildman–Crippen MR) is 82.1 cm³/mol. The van der Waals surface area contributed by atoms with Crippen LogP contribution in [0.5, 0.6) is 0 Å². The summed E-state index contributed by atoms with van der Waals surface area (Å²) in [7, 11) is -3.58. The first-order valence-corrected chi connectivity index (χ1v) is 8.69. The second-order valence-electron chi connectivity index (χ2n) is 5.63. The number of anilines is 1. The monoisotopic (exact) mass is 311 g/mol. The van der Waals surface area contributed by atoms with Gasteiger partial charge in [0.1, 0.15) is 0 Å². The lowest BCUT2D eigenvalue weighted by molar-refractivity contribution is -0.119. The number of benzene rings is 1. The zero-order chi connectivity index (χ0) is 15.5. The van der Waals surface area contributed by atoms with E-state index >= 15 is 0 Å². The van der Waals surface area contributed by atoms with E-state index in [2.05, 4.69) is 17.6 Å². The van der Waals surface area contributed by atoms with Crippen molar-refractivity contribution in [1.29, 1.82) is 0 Å². The Bertz CT molecular complexity index is 616. The molecule has 116 valence electrons. The molecule has 1 heterocycles. The molecule has 1 amide bonds. The summed E-state index contributed by atoms with van der Waals surface area (Å²) in [5.41, 5.74) is 1.14. The number of rotatable bonds is 4. The lowest BCUT2D eigenvalue weighted by Gasteiger charge is -2.27. The summed E-state index contributed by atoms with van der Waals surface area (Å²) in [6.07, 6.45) is 1.89. The topological polar surface area (TPSA) is 101 Å². The average Bonchev–Trinajstić information content (AvgIpc) is 2.37. The summed E-state index contributed by atoms with van der Waals surface area (Å²) in [6.45, 7) is 2.97. The number of carbonyl (C=O) groups excluding carboxylic acids is 1. The number of sulfonamides is 1. The maximum Gasteiger partial charge on any atom is 0.241 e. The van der Waals surface area contributed by atoms with E-state index in [0.717, 1.165) is 19.4 Å². The first kappa shape index (κ1) is 15.9. The van der Waals surface area contributed by atoms with Gasteiger partial charge in [-0.3, -0.25) is 4.79 Å². The maximum absolute atomic E-state index is 12.2. The molecule has 2 unspecified atom stereocenters. The molecule has 0 aromatic heterocycles. The van der Waals surface area contributed by atoms with Crippen molar-refractivity contribution in [1.82, 2.24) is 5.32 Å². The molecule has 0 radical (unpaired) electrons. The fourth-order valence-electron chi connectivity index (χ4n) is 2.51. The smallest absolute Gasteiger partial charge is 0.241 e.